The van der Waals surface area contributed by atoms with Crippen molar-refractivity contribution in [2.75, 3.05) is 45.3 Å². The Morgan fingerprint density at radius 2 is 1.83 bits per heavy atom. The van der Waals surface area contributed by atoms with Crippen molar-refractivity contribution >= 4 is 39.3 Å². The molecule has 0 bridgehead atoms. The zero-order valence-corrected chi connectivity index (χ0v) is 18.3. The summed E-state index contributed by atoms with van der Waals surface area (Å²) in [7, 11) is 3.06. The third-order valence-electron chi connectivity index (χ3n) is 4.91. The third-order valence-corrected chi connectivity index (χ3v) is 5.40. The average molecular weight is 476 g/mol. The van der Waals surface area contributed by atoms with Gasteiger partial charge in [0.05, 0.1) is 25.2 Å². The van der Waals surface area contributed by atoms with Crippen LogP contribution >= 0.6 is 15.9 Å². The van der Waals surface area contributed by atoms with E-state index in [9.17, 15) is 14.9 Å². The first-order valence-electron chi connectivity index (χ1n) is 9.31. The SMILES string of the molecule is COc1ccc(N2CCN(C(=O)/C=C/c3cc(Br)ccc3OC)CC2)c([N+](=O)[O-])c1. The van der Waals surface area contributed by atoms with Crippen LogP contribution in [-0.4, -0.2) is 56.1 Å². The lowest BCUT2D eigenvalue weighted by Crippen LogP contribution is -2.48. The van der Waals surface area contributed by atoms with Crippen molar-refractivity contribution in [1.29, 1.82) is 0 Å². The summed E-state index contributed by atoms with van der Waals surface area (Å²) in [5, 5.41) is 11.4. The van der Waals surface area contributed by atoms with Gasteiger partial charge in [0.25, 0.3) is 5.69 Å². The molecule has 0 saturated carbocycles. The lowest BCUT2D eigenvalue weighted by molar-refractivity contribution is -0.384. The summed E-state index contributed by atoms with van der Waals surface area (Å²) in [5.74, 6) is 1.01. The predicted octanol–water partition coefficient (Wildman–Crippen LogP) is 3.74. The molecule has 0 spiro atoms. The molecule has 1 saturated heterocycles. The minimum Gasteiger partial charge on any atom is -0.496 e. The predicted molar refractivity (Wildman–Crippen MR) is 118 cm³/mol. The van der Waals surface area contributed by atoms with E-state index in [-0.39, 0.29) is 11.6 Å². The van der Waals surface area contributed by atoms with Crippen LogP contribution in [0.15, 0.2) is 46.9 Å². The summed E-state index contributed by atoms with van der Waals surface area (Å²) >= 11 is 3.42. The number of hydrogen-bond donors (Lipinski definition) is 0. The first-order valence-corrected chi connectivity index (χ1v) is 10.1. The molecule has 0 radical (unpaired) electrons. The minimum absolute atomic E-state index is 0.00391. The summed E-state index contributed by atoms with van der Waals surface area (Å²) in [6.45, 7) is 1.96. The topological polar surface area (TPSA) is 85.2 Å². The van der Waals surface area contributed by atoms with Crippen molar-refractivity contribution in [3.63, 3.8) is 0 Å². The van der Waals surface area contributed by atoms with Gasteiger partial charge >= 0.3 is 0 Å². The van der Waals surface area contributed by atoms with Gasteiger partial charge in [0.1, 0.15) is 17.2 Å². The first-order chi connectivity index (χ1) is 14.4. The quantitative estimate of drug-likeness (QED) is 0.359. The molecule has 2 aromatic carbocycles. The molecule has 1 aliphatic heterocycles. The van der Waals surface area contributed by atoms with E-state index >= 15 is 0 Å². The number of amides is 1. The second-order valence-electron chi connectivity index (χ2n) is 6.64. The van der Waals surface area contributed by atoms with Crippen LogP contribution in [0.2, 0.25) is 0 Å². The van der Waals surface area contributed by atoms with Gasteiger partial charge < -0.3 is 19.3 Å². The van der Waals surface area contributed by atoms with E-state index in [1.807, 2.05) is 23.1 Å². The highest BCUT2D eigenvalue weighted by Crippen LogP contribution is 2.32. The van der Waals surface area contributed by atoms with E-state index in [0.717, 1.165) is 10.0 Å². The number of halogens is 1. The number of piperazine rings is 1. The van der Waals surface area contributed by atoms with Crippen LogP contribution in [0.4, 0.5) is 11.4 Å². The van der Waals surface area contributed by atoms with Crippen LogP contribution in [0.1, 0.15) is 5.56 Å². The van der Waals surface area contributed by atoms with Crippen LogP contribution in [0.3, 0.4) is 0 Å². The Bertz CT molecular complexity index is 971. The van der Waals surface area contributed by atoms with Crippen molar-refractivity contribution in [3.05, 3.63) is 62.6 Å². The molecule has 158 valence electrons. The van der Waals surface area contributed by atoms with Crippen molar-refractivity contribution in [1.82, 2.24) is 4.90 Å². The molecule has 0 N–H and O–H groups in total. The fourth-order valence-electron chi connectivity index (χ4n) is 3.31. The Hall–Kier alpha value is -3.07. The van der Waals surface area contributed by atoms with Crippen molar-refractivity contribution in [2.45, 2.75) is 0 Å². The number of nitro benzene ring substituents is 1. The van der Waals surface area contributed by atoms with Crippen LogP contribution in [-0.2, 0) is 4.79 Å². The molecule has 1 amide bonds. The van der Waals surface area contributed by atoms with E-state index < -0.39 is 4.92 Å². The second-order valence-corrected chi connectivity index (χ2v) is 7.56. The van der Waals surface area contributed by atoms with Gasteiger partial charge in [-0.25, -0.2) is 0 Å². The zero-order chi connectivity index (χ0) is 21.7. The largest absolute Gasteiger partial charge is 0.496 e. The standard InChI is InChI=1S/C21H22BrN3O5/c1-29-17-5-6-18(19(14-17)25(27)28)23-9-11-24(12-10-23)21(26)8-3-15-13-16(22)4-7-20(15)30-2/h3-8,13-14H,9-12H2,1-2H3/b8-3+. The number of nitro groups is 1. The van der Waals surface area contributed by atoms with E-state index in [1.165, 1.54) is 19.3 Å². The number of carbonyl (C=O) groups is 1. The highest BCUT2D eigenvalue weighted by Gasteiger charge is 2.25. The zero-order valence-electron chi connectivity index (χ0n) is 16.7. The van der Waals surface area contributed by atoms with E-state index in [1.54, 1.807) is 30.2 Å². The average Bonchev–Trinajstić information content (AvgIpc) is 2.77. The molecule has 0 aliphatic carbocycles. The summed E-state index contributed by atoms with van der Waals surface area (Å²) in [4.78, 5) is 27.3. The van der Waals surface area contributed by atoms with Gasteiger partial charge in [-0.2, -0.15) is 0 Å². The van der Waals surface area contributed by atoms with Gasteiger partial charge in [-0.3, -0.25) is 14.9 Å². The van der Waals surface area contributed by atoms with Gasteiger partial charge in [-0.1, -0.05) is 15.9 Å². The number of anilines is 1. The number of ether oxygens (including phenoxy) is 2. The van der Waals surface area contributed by atoms with Crippen LogP contribution < -0.4 is 14.4 Å². The van der Waals surface area contributed by atoms with Crippen molar-refractivity contribution in [3.8, 4) is 11.5 Å². The highest BCUT2D eigenvalue weighted by molar-refractivity contribution is 9.10. The smallest absolute Gasteiger partial charge is 0.296 e. The summed E-state index contributed by atoms with van der Waals surface area (Å²) < 4.78 is 11.3. The molecule has 30 heavy (non-hydrogen) atoms. The Labute approximate surface area is 183 Å². The fraction of sp³-hybridized carbons (Fsp3) is 0.286. The molecule has 1 aliphatic rings. The van der Waals surface area contributed by atoms with E-state index in [0.29, 0.717) is 43.4 Å². The van der Waals surface area contributed by atoms with Crippen LogP contribution in [0, 0.1) is 10.1 Å². The number of hydrogen-bond acceptors (Lipinski definition) is 6. The Morgan fingerprint density at radius 1 is 1.10 bits per heavy atom. The van der Waals surface area contributed by atoms with Crippen LogP contribution in [0.5, 0.6) is 11.5 Å². The first kappa shape index (κ1) is 21.6. The molecule has 0 aromatic heterocycles. The Morgan fingerprint density at radius 3 is 2.47 bits per heavy atom. The molecular formula is C21H22BrN3O5. The monoisotopic (exact) mass is 475 g/mol. The number of methoxy groups -OCH3 is 2. The number of rotatable bonds is 6. The number of benzene rings is 2. The Kier molecular flexibility index (Phi) is 6.94. The summed E-state index contributed by atoms with van der Waals surface area (Å²) in [5.41, 5.74) is 1.32. The molecule has 3 rings (SSSR count). The van der Waals surface area contributed by atoms with Gasteiger partial charge in [-0.15, -0.1) is 0 Å². The van der Waals surface area contributed by atoms with E-state index in [2.05, 4.69) is 15.9 Å². The second kappa shape index (κ2) is 9.62. The summed E-state index contributed by atoms with van der Waals surface area (Å²) in [6, 6.07) is 10.4. The van der Waals surface area contributed by atoms with Crippen molar-refractivity contribution in [2.24, 2.45) is 0 Å². The maximum atomic E-state index is 12.6. The molecule has 8 nitrogen and oxygen atoms in total. The molecule has 0 unspecified atom stereocenters. The van der Waals surface area contributed by atoms with Crippen molar-refractivity contribution < 1.29 is 19.2 Å². The normalized spacial score (nSPS) is 14.1. The minimum atomic E-state index is -0.413. The molecule has 0 atom stereocenters. The lowest BCUT2D eigenvalue weighted by Gasteiger charge is -2.35. The third kappa shape index (κ3) is 4.91. The van der Waals surface area contributed by atoms with Gasteiger partial charge in [0.15, 0.2) is 0 Å². The molecule has 9 heteroatoms. The maximum absolute atomic E-state index is 12.6. The summed E-state index contributed by atoms with van der Waals surface area (Å²) in [6.07, 6.45) is 3.25. The van der Waals surface area contributed by atoms with E-state index in [4.69, 9.17) is 9.47 Å². The van der Waals surface area contributed by atoms with Gasteiger partial charge in [0.2, 0.25) is 5.91 Å². The van der Waals surface area contributed by atoms with Crippen LogP contribution in [0.25, 0.3) is 6.08 Å². The molecule has 1 heterocycles. The molecule has 2 aromatic rings. The highest BCUT2D eigenvalue weighted by atomic mass is 79.9. The fourth-order valence-corrected chi connectivity index (χ4v) is 3.69. The number of nitrogens with zero attached hydrogens (tertiary/aromatic N) is 3. The van der Waals surface area contributed by atoms with Gasteiger partial charge in [0, 0.05) is 42.3 Å². The Balaban J connectivity index is 1.67. The number of carbonyl (C=O) groups excluding carboxylic acids is 1. The maximum Gasteiger partial charge on any atom is 0.296 e. The van der Waals surface area contributed by atoms with Gasteiger partial charge in [-0.05, 0) is 36.4 Å². The molecule has 1 fully saturated rings. The lowest BCUT2D eigenvalue weighted by atomic mass is 10.1. The molecular weight excluding hydrogens is 454 g/mol.